The van der Waals surface area contributed by atoms with Gasteiger partial charge in [0.15, 0.2) is 0 Å². The van der Waals surface area contributed by atoms with Gasteiger partial charge in [-0.05, 0) is 42.5 Å². The lowest BCUT2D eigenvalue weighted by atomic mass is 9.83. The number of alkyl halides is 3. The third kappa shape index (κ3) is 3.31. The fourth-order valence-electron chi connectivity index (χ4n) is 3.54. The molecule has 2 aromatic rings. The van der Waals surface area contributed by atoms with Gasteiger partial charge in [0, 0.05) is 30.4 Å². The number of allylic oxidation sites excluding steroid dienone is 1. The first-order valence-corrected chi connectivity index (χ1v) is 9.80. The maximum absolute atomic E-state index is 12.5. The molecule has 0 N–H and O–H groups in total. The number of nitrogens with zero attached hydrogens (tertiary/aromatic N) is 1. The molecule has 9 heteroatoms. The zero-order valence-electron chi connectivity index (χ0n) is 14.1. The van der Waals surface area contributed by atoms with Crippen LogP contribution in [0.15, 0.2) is 47.2 Å². The van der Waals surface area contributed by atoms with E-state index in [1.54, 1.807) is 12.1 Å². The SMILES string of the molecule is O=S(=O)(Oc1cccc(-c2ccoc2C2=CN3CCC2CC3)c1)C(F)(F)F. The Morgan fingerprint density at radius 2 is 1.89 bits per heavy atom. The van der Waals surface area contributed by atoms with Crippen LogP contribution in [0.4, 0.5) is 13.2 Å². The van der Waals surface area contributed by atoms with Gasteiger partial charge in [-0.15, -0.1) is 0 Å². The second-order valence-electron chi connectivity index (χ2n) is 6.57. The Balaban J connectivity index is 1.68. The van der Waals surface area contributed by atoms with Gasteiger partial charge in [0.05, 0.1) is 6.26 Å². The van der Waals surface area contributed by atoms with E-state index in [1.807, 2.05) is 0 Å². The molecule has 1 aromatic heterocycles. The standard InChI is InChI=1S/C18H16F3NO4S/c19-18(20,21)27(23,24)26-14-3-1-2-13(10-14)15-6-9-25-17(15)16-11-22-7-4-12(16)5-8-22/h1-3,6,9-12H,4-5,7-8H2. The van der Waals surface area contributed by atoms with Gasteiger partial charge >= 0.3 is 15.6 Å². The van der Waals surface area contributed by atoms with Gasteiger partial charge in [-0.1, -0.05) is 12.1 Å². The van der Waals surface area contributed by atoms with Gasteiger partial charge in [0.2, 0.25) is 0 Å². The van der Waals surface area contributed by atoms with Crippen LogP contribution in [0.2, 0.25) is 0 Å². The Labute approximate surface area is 154 Å². The van der Waals surface area contributed by atoms with E-state index in [2.05, 4.69) is 15.3 Å². The Morgan fingerprint density at radius 3 is 2.52 bits per heavy atom. The average molecular weight is 399 g/mol. The maximum Gasteiger partial charge on any atom is 0.534 e. The van der Waals surface area contributed by atoms with E-state index in [4.69, 9.17) is 4.42 Å². The summed E-state index contributed by atoms with van der Waals surface area (Å²) in [6.45, 7) is 2.01. The second-order valence-corrected chi connectivity index (χ2v) is 8.11. The molecule has 0 aliphatic carbocycles. The average Bonchev–Trinajstić information content (AvgIpc) is 3.11. The van der Waals surface area contributed by atoms with Crippen LogP contribution in [0.5, 0.6) is 5.75 Å². The van der Waals surface area contributed by atoms with Crippen LogP contribution in [0.1, 0.15) is 18.6 Å². The molecular weight excluding hydrogens is 383 g/mol. The number of hydrogen-bond acceptors (Lipinski definition) is 5. The molecule has 5 nitrogen and oxygen atoms in total. The van der Waals surface area contributed by atoms with Crippen molar-refractivity contribution >= 4 is 15.7 Å². The van der Waals surface area contributed by atoms with Crippen molar-refractivity contribution in [3.8, 4) is 16.9 Å². The molecular formula is C18H16F3NO4S. The van der Waals surface area contributed by atoms with E-state index >= 15 is 0 Å². The highest BCUT2D eigenvalue weighted by Gasteiger charge is 2.48. The molecule has 1 saturated heterocycles. The Kier molecular flexibility index (Phi) is 4.21. The summed E-state index contributed by atoms with van der Waals surface area (Å²) in [6, 6.07) is 7.26. The molecule has 1 fully saturated rings. The molecule has 0 unspecified atom stereocenters. The van der Waals surface area contributed by atoms with Gasteiger partial charge in [-0.2, -0.15) is 21.6 Å². The first-order valence-electron chi connectivity index (χ1n) is 8.39. The van der Waals surface area contributed by atoms with E-state index < -0.39 is 21.4 Å². The number of hydrogen-bond donors (Lipinski definition) is 0. The van der Waals surface area contributed by atoms with Crippen LogP contribution in [-0.2, 0) is 10.1 Å². The summed E-state index contributed by atoms with van der Waals surface area (Å²) in [5, 5.41) is 0. The normalized spacial score (nSPS) is 17.9. The summed E-state index contributed by atoms with van der Waals surface area (Å²) in [6.07, 6.45) is 5.63. The summed E-state index contributed by atoms with van der Waals surface area (Å²) in [4.78, 5) is 2.22. The van der Waals surface area contributed by atoms with E-state index in [0.717, 1.165) is 31.5 Å². The lowest BCUT2D eigenvalue weighted by Crippen LogP contribution is -2.35. The number of rotatable bonds is 4. The quantitative estimate of drug-likeness (QED) is 0.569. The molecule has 5 rings (SSSR count). The van der Waals surface area contributed by atoms with Crippen molar-refractivity contribution in [2.75, 3.05) is 13.1 Å². The molecule has 0 saturated carbocycles. The van der Waals surface area contributed by atoms with Crippen LogP contribution in [-0.4, -0.2) is 31.9 Å². The molecule has 3 aliphatic heterocycles. The Hall–Kier alpha value is -2.42. The number of halogens is 3. The predicted molar refractivity (Wildman–Crippen MR) is 92.0 cm³/mol. The second kappa shape index (κ2) is 6.33. The maximum atomic E-state index is 12.5. The van der Waals surface area contributed by atoms with Crippen LogP contribution in [0, 0.1) is 5.92 Å². The predicted octanol–water partition coefficient (Wildman–Crippen LogP) is 4.24. The van der Waals surface area contributed by atoms with Crippen LogP contribution in [0.25, 0.3) is 16.7 Å². The minimum atomic E-state index is -5.72. The highest BCUT2D eigenvalue weighted by Crippen LogP contribution is 2.42. The largest absolute Gasteiger partial charge is 0.534 e. The lowest BCUT2D eigenvalue weighted by molar-refractivity contribution is -0.0500. The molecule has 0 amide bonds. The molecule has 0 atom stereocenters. The molecule has 144 valence electrons. The molecule has 0 radical (unpaired) electrons. The van der Waals surface area contributed by atoms with Crippen molar-refractivity contribution in [3.63, 3.8) is 0 Å². The summed E-state index contributed by atoms with van der Waals surface area (Å²) >= 11 is 0. The number of furan rings is 1. The Bertz CT molecular complexity index is 986. The van der Waals surface area contributed by atoms with Crippen molar-refractivity contribution in [2.24, 2.45) is 5.92 Å². The zero-order valence-corrected chi connectivity index (χ0v) is 14.9. The van der Waals surface area contributed by atoms with Crippen LogP contribution < -0.4 is 4.18 Å². The summed E-state index contributed by atoms with van der Waals surface area (Å²) in [5.74, 6) is 0.630. The first kappa shape index (κ1) is 18.0. The molecule has 1 aromatic carbocycles. The van der Waals surface area contributed by atoms with Gasteiger partial charge in [-0.3, -0.25) is 0 Å². The molecule has 0 spiro atoms. The third-order valence-electron chi connectivity index (χ3n) is 4.85. The van der Waals surface area contributed by atoms with Crippen molar-refractivity contribution in [2.45, 2.75) is 18.3 Å². The Morgan fingerprint density at radius 1 is 1.15 bits per heavy atom. The fourth-order valence-corrected chi connectivity index (χ4v) is 3.99. The van der Waals surface area contributed by atoms with Crippen LogP contribution in [0.3, 0.4) is 0 Å². The first-order chi connectivity index (χ1) is 12.7. The van der Waals surface area contributed by atoms with Crippen molar-refractivity contribution < 1.29 is 30.2 Å². The molecule has 3 aliphatic rings. The highest BCUT2D eigenvalue weighted by atomic mass is 32.2. The third-order valence-corrected chi connectivity index (χ3v) is 5.83. The van der Waals surface area contributed by atoms with E-state index in [1.165, 1.54) is 24.5 Å². The van der Waals surface area contributed by atoms with E-state index in [9.17, 15) is 21.6 Å². The van der Waals surface area contributed by atoms with Gasteiger partial charge in [0.1, 0.15) is 11.5 Å². The fraction of sp³-hybridized carbons (Fsp3) is 0.333. The van der Waals surface area contributed by atoms with Gasteiger partial charge in [0.25, 0.3) is 0 Å². The van der Waals surface area contributed by atoms with Crippen LogP contribution >= 0.6 is 0 Å². The topological polar surface area (TPSA) is 59.8 Å². The van der Waals surface area contributed by atoms with Crippen molar-refractivity contribution in [3.05, 3.63) is 48.6 Å². The summed E-state index contributed by atoms with van der Waals surface area (Å²) < 4.78 is 70.0. The lowest BCUT2D eigenvalue weighted by Gasteiger charge is -2.38. The molecule has 27 heavy (non-hydrogen) atoms. The number of piperidine rings is 1. The highest BCUT2D eigenvalue weighted by molar-refractivity contribution is 7.88. The van der Waals surface area contributed by atoms with Crippen molar-refractivity contribution in [1.82, 2.24) is 4.90 Å². The number of fused-ring (bicyclic) bond motifs is 2. The van der Waals surface area contributed by atoms with Gasteiger partial charge in [-0.25, -0.2) is 0 Å². The smallest absolute Gasteiger partial charge is 0.464 e. The summed E-state index contributed by atoms with van der Waals surface area (Å²) in [7, 11) is -5.72. The molecule has 2 bridgehead atoms. The van der Waals surface area contributed by atoms with Gasteiger partial charge < -0.3 is 13.5 Å². The van der Waals surface area contributed by atoms with Crippen molar-refractivity contribution in [1.29, 1.82) is 0 Å². The number of benzene rings is 1. The van der Waals surface area contributed by atoms with E-state index in [-0.39, 0.29) is 0 Å². The minimum Gasteiger partial charge on any atom is -0.464 e. The van der Waals surface area contributed by atoms with E-state index in [0.29, 0.717) is 22.8 Å². The molecule has 4 heterocycles. The summed E-state index contributed by atoms with van der Waals surface area (Å²) in [5.41, 5.74) is -3.22. The monoisotopic (exact) mass is 399 g/mol. The minimum absolute atomic E-state index is 0.380. The zero-order chi connectivity index (χ0) is 19.2.